The molecule has 0 rings (SSSR count). The molecule has 0 spiro atoms. The van der Waals surface area contributed by atoms with E-state index in [9.17, 15) is 0 Å². The van der Waals surface area contributed by atoms with E-state index in [1.54, 1.807) is 0 Å². The van der Waals surface area contributed by atoms with Crippen LogP contribution in [0.3, 0.4) is 0 Å². The molecule has 28 heteroatoms. The number of hydrogen-bond donors (Lipinski definition) is 10. The van der Waals surface area contributed by atoms with Gasteiger partial charge < -0.3 is 8.56 Å². The fourth-order valence-electron chi connectivity index (χ4n) is 0. The first-order chi connectivity index (χ1) is 10.0. The maximum atomic E-state index is 8.74. The molecule has 28 heavy (non-hydrogen) atoms. The van der Waals surface area contributed by atoms with Crippen molar-refractivity contribution in [1.29, 1.82) is 0 Å². The molecular weight excluding hydrogens is 553 g/mol. The minimum Gasteiger partial charge on any atom is -1.00 e. The topological polar surface area (TPSA) is 373 Å². The molecule has 0 saturated carbocycles. The minimum absolute atomic E-state index is 0. The average Bonchev–Trinajstić information content (AvgIpc) is 1.79. The van der Waals surface area contributed by atoms with Crippen LogP contribution in [0.5, 0.6) is 0 Å². The molecular formula is H16Mg3O20S5. The quantitative estimate of drug-likeness (QED) is 0.0989. The molecule has 0 aromatic heterocycles. The van der Waals surface area contributed by atoms with Crippen LogP contribution in [0.15, 0.2) is 0 Å². The molecule has 0 aliphatic rings. The van der Waals surface area contributed by atoms with Crippen molar-refractivity contribution in [2.24, 2.45) is 0 Å². The first-order valence-corrected chi connectivity index (χ1v) is 10.5. The predicted molar refractivity (Wildman–Crippen MR) is 94.8 cm³/mol. The van der Waals surface area contributed by atoms with E-state index in [0.717, 1.165) is 0 Å². The van der Waals surface area contributed by atoms with Gasteiger partial charge in [-0.15, -0.1) is 0 Å². The Balaban J connectivity index is -0.0000000115. The van der Waals surface area contributed by atoms with E-state index < -0.39 is 52.0 Å². The van der Waals surface area contributed by atoms with Crippen LogP contribution in [0.4, 0.5) is 0 Å². The van der Waals surface area contributed by atoms with Crippen LogP contribution in [-0.4, -0.2) is 157 Å². The van der Waals surface area contributed by atoms with Gasteiger partial charge in [0.25, 0.3) is 0 Å². The normalized spacial score (nSPS) is 10.4. The Morgan fingerprint density at radius 3 is 0.286 bits per heavy atom. The third kappa shape index (κ3) is 7220. The van der Waals surface area contributed by atoms with Gasteiger partial charge in [0, 0.05) is 0 Å². The second-order valence-electron chi connectivity index (χ2n) is 2.24. The predicted octanol–water partition coefficient (Wildman–Crippen LogP) is -3.73. The summed E-state index contributed by atoms with van der Waals surface area (Å²) in [5, 5.41) is 0. The average molecular weight is 569 g/mol. The number of rotatable bonds is 0. The maximum absolute atomic E-state index is 8.74. The molecule has 0 fully saturated rings. The van der Waals surface area contributed by atoms with Crippen LogP contribution in [0.25, 0.3) is 0 Å². The molecule has 0 saturated heterocycles. The summed E-state index contributed by atoms with van der Waals surface area (Å²) in [4.78, 5) is 0. The summed E-state index contributed by atoms with van der Waals surface area (Å²) in [6.45, 7) is 0. The van der Waals surface area contributed by atoms with Crippen molar-refractivity contribution in [2.75, 3.05) is 0 Å². The van der Waals surface area contributed by atoms with Crippen molar-refractivity contribution < 1.29 is 96.2 Å². The zero-order valence-corrected chi connectivity index (χ0v) is 21.0. The molecule has 20 nitrogen and oxygen atoms in total. The molecule has 0 aliphatic heterocycles. The Hall–Kier alpha value is 1.65. The van der Waals surface area contributed by atoms with E-state index in [0.29, 0.717) is 0 Å². The molecule has 0 radical (unpaired) electrons. The van der Waals surface area contributed by atoms with Gasteiger partial charge in [-0.3, -0.25) is 45.5 Å². The second-order valence-corrected chi connectivity index (χ2v) is 6.72. The van der Waals surface area contributed by atoms with E-state index in [4.69, 9.17) is 87.6 Å². The molecule has 0 bridgehead atoms. The summed E-state index contributed by atoms with van der Waals surface area (Å²) in [5.74, 6) is 0. The van der Waals surface area contributed by atoms with Crippen molar-refractivity contribution in [3.8, 4) is 0 Å². The fraction of sp³-hybridized carbons (Fsp3) is 0. The van der Waals surface area contributed by atoms with Crippen LogP contribution < -0.4 is 0 Å². The van der Waals surface area contributed by atoms with Crippen LogP contribution in [0.1, 0.15) is 8.56 Å². The van der Waals surface area contributed by atoms with E-state index in [1.807, 2.05) is 0 Å². The van der Waals surface area contributed by atoms with Gasteiger partial charge in [0.1, 0.15) is 0 Å². The van der Waals surface area contributed by atoms with Gasteiger partial charge in [-0.2, -0.15) is 42.1 Å². The monoisotopic (exact) mass is 568 g/mol. The summed E-state index contributed by atoms with van der Waals surface area (Å²) in [6.07, 6.45) is 0. The SMILES string of the molecule is O=S(=O)(O)O.O=S(=O)(O)O.O=S(=O)(O)O.O=S(=O)(O)O.O=S(=O)(O)O.[H-].[H-].[H-].[H-].[H-].[H-].[Mg+2].[Mg+2].[Mg+2]. The summed E-state index contributed by atoms with van der Waals surface area (Å²) in [7, 11) is -23.3. The summed E-state index contributed by atoms with van der Waals surface area (Å²) >= 11 is 0. The van der Waals surface area contributed by atoms with E-state index in [1.165, 1.54) is 0 Å². The van der Waals surface area contributed by atoms with Crippen molar-refractivity contribution in [3.05, 3.63) is 0 Å². The van der Waals surface area contributed by atoms with Crippen LogP contribution in [0.2, 0.25) is 0 Å². The zero-order valence-electron chi connectivity index (χ0n) is 18.7. The standard InChI is InChI=1S/3Mg.5H2O4S.6H/c;;;5*1-5(2,3)4;;;;;;/h;;;5*(H2,1,2,3,4);;;;;;/q3*+2;;;;;;6*-1. The van der Waals surface area contributed by atoms with Crippen LogP contribution in [-0.2, 0) is 52.0 Å². The van der Waals surface area contributed by atoms with Gasteiger partial charge in [0.2, 0.25) is 0 Å². The molecule has 10 N–H and O–H groups in total. The molecule has 0 aliphatic carbocycles. The van der Waals surface area contributed by atoms with Crippen molar-refractivity contribution in [1.82, 2.24) is 0 Å². The van der Waals surface area contributed by atoms with Crippen LogP contribution in [0, 0.1) is 0 Å². The Labute approximate surface area is 215 Å². The zero-order chi connectivity index (χ0) is 22.5. The Morgan fingerprint density at radius 2 is 0.286 bits per heavy atom. The molecule has 0 unspecified atom stereocenters. The third-order valence-electron chi connectivity index (χ3n) is 0. The van der Waals surface area contributed by atoms with Crippen LogP contribution >= 0.6 is 0 Å². The maximum Gasteiger partial charge on any atom is 2.00 e. The smallest absolute Gasteiger partial charge is 1.00 e. The molecule has 0 aromatic carbocycles. The van der Waals surface area contributed by atoms with Gasteiger partial charge >= 0.3 is 121 Å². The van der Waals surface area contributed by atoms with Crippen molar-refractivity contribution in [2.45, 2.75) is 0 Å². The molecule has 0 heterocycles. The molecule has 0 atom stereocenters. The largest absolute Gasteiger partial charge is 2.00 e. The van der Waals surface area contributed by atoms with E-state index in [2.05, 4.69) is 0 Å². The van der Waals surface area contributed by atoms with Gasteiger partial charge in [0.15, 0.2) is 0 Å². The number of hydrogen-bond acceptors (Lipinski definition) is 10. The van der Waals surface area contributed by atoms with Gasteiger partial charge in [-0.1, -0.05) is 0 Å². The van der Waals surface area contributed by atoms with Gasteiger partial charge in [-0.25, -0.2) is 0 Å². The Kier molecular flexibility index (Phi) is 40.5. The first kappa shape index (κ1) is 51.9. The fourth-order valence-corrected chi connectivity index (χ4v) is 0. The summed E-state index contributed by atoms with van der Waals surface area (Å²) in [6, 6.07) is 0. The Morgan fingerprint density at radius 1 is 0.286 bits per heavy atom. The van der Waals surface area contributed by atoms with Gasteiger partial charge in [-0.05, 0) is 0 Å². The molecule has 0 aromatic rings. The minimum atomic E-state index is -4.67. The van der Waals surface area contributed by atoms with Crippen molar-refractivity contribution in [3.63, 3.8) is 0 Å². The molecule has 172 valence electrons. The third-order valence-corrected chi connectivity index (χ3v) is 0. The second kappa shape index (κ2) is 21.9. The molecule has 0 amide bonds. The van der Waals surface area contributed by atoms with E-state index in [-0.39, 0.29) is 77.7 Å². The summed E-state index contributed by atoms with van der Waals surface area (Å²) < 4.78 is 158. The summed E-state index contributed by atoms with van der Waals surface area (Å²) in [5.41, 5.74) is 0. The van der Waals surface area contributed by atoms with Crippen molar-refractivity contribution >= 4 is 121 Å². The van der Waals surface area contributed by atoms with E-state index >= 15 is 0 Å². The Bertz CT molecular complexity index is 645. The van der Waals surface area contributed by atoms with Gasteiger partial charge in [0.05, 0.1) is 0 Å². The first-order valence-electron chi connectivity index (χ1n) is 3.49.